The smallest absolute Gasteiger partial charge is 0.233 e. The molecule has 0 fully saturated rings. The molecule has 0 heterocycles. The van der Waals surface area contributed by atoms with E-state index in [-0.39, 0.29) is 12.5 Å². The van der Waals surface area contributed by atoms with E-state index in [2.05, 4.69) is 26.6 Å². The van der Waals surface area contributed by atoms with Crippen molar-refractivity contribution in [3.63, 3.8) is 0 Å². The Morgan fingerprint density at radius 1 is 1.42 bits per heavy atom. The molecule has 1 amide bonds. The van der Waals surface area contributed by atoms with Gasteiger partial charge in [0.25, 0.3) is 0 Å². The van der Waals surface area contributed by atoms with Gasteiger partial charge in [-0.2, -0.15) is 0 Å². The van der Waals surface area contributed by atoms with Gasteiger partial charge in [0.2, 0.25) is 5.91 Å². The maximum Gasteiger partial charge on any atom is 0.233 e. The van der Waals surface area contributed by atoms with E-state index in [0.717, 1.165) is 10.0 Å². The highest BCUT2D eigenvalue weighted by Crippen LogP contribution is 2.36. The van der Waals surface area contributed by atoms with Crippen molar-refractivity contribution in [1.82, 2.24) is 10.6 Å². The quantitative estimate of drug-likeness (QED) is 0.798. The standard InChI is InChI=1S/C13H19BrN2O3/c1-4-19-13-10(14)5-9(6-11(13)18-3)7-16-8-12(17)15-2/h5-6,16H,4,7-8H2,1-3H3,(H,15,17). The van der Waals surface area contributed by atoms with Crippen molar-refractivity contribution in [1.29, 1.82) is 0 Å². The number of hydrogen-bond acceptors (Lipinski definition) is 4. The summed E-state index contributed by atoms with van der Waals surface area (Å²) in [6, 6.07) is 3.84. The van der Waals surface area contributed by atoms with E-state index >= 15 is 0 Å². The number of hydrogen-bond donors (Lipinski definition) is 2. The number of amides is 1. The molecular formula is C13H19BrN2O3. The molecule has 0 saturated heterocycles. The van der Waals surface area contributed by atoms with Gasteiger partial charge in [-0.3, -0.25) is 4.79 Å². The Morgan fingerprint density at radius 2 is 2.16 bits per heavy atom. The van der Waals surface area contributed by atoms with Crippen molar-refractivity contribution < 1.29 is 14.3 Å². The van der Waals surface area contributed by atoms with Crippen LogP contribution in [0.1, 0.15) is 12.5 Å². The van der Waals surface area contributed by atoms with Gasteiger partial charge in [0, 0.05) is 13.6 Å². The predicted octanol–water partition coefficient (Wildman–Crippen LogP) is 1.69. The van der Waals surface area contributed by atoms with Crippen LogP contribution in [0.2, 0.25) is 0 Å². The summed E-state index contributed by atoms with van der Waals surface area (Å²) in [6.45, 7) is 3.35. The molecule has 1 aromatic rings. The van der Waals surface area contributed by atoms with E-state index in [1.54, 1.807) is 14.2 Å². The highest BCUT2D eigenvalue weighted by atomic mass is 79.9. The van der Waals surface area contributed by atoms with Crippen LogP contribution in [-0.4, -0.2) is 33.2 Å². The van der Waals surface area contributed by atoms with Crippen molar-refractivity contribution in [2.45, 2.75) is 13.5 Å². The van der Waals surface area contributed by atoms with Crippen LogP contribution in [0.5, 0.6) is 11.5 Å². The molecule has 6 heteroatoms. The number of carbonyl (C=O) groups excluding carboxylic acids is 1. The van der Waals surface area contributed by atoms with Crippen LogP contribution >= 0.6 is 15.9 Å². The molecule has 0 radical (unpaired) electrons. The van der Waals surface area contributed by atoms with Gasteiger partial charge >= 0.3 is 0 Å². The maximum atomic E-state index is 11.1. The summed E-state index contributed by atoms with van der Waals surface area (Å²) in [5.74, 6) is 1.32. The van der Waals surface area contributed by atoms with Crippen molar-refractivity contribution in [3.8, 4) is 11.5 Å². The second-order valence-electron chi connectivity index (χ2n) is 3.82. The van der Waals surface area contributed by atoms with Crippen molar-refractivity contribution >= 4 is 21.8 Å². The lowest BCUT2D eigenvalue weighted by atomic mass is 10.2. The third-order valence-electron chi connectivity index (χ3n) is 2.47. The van der Waals surface area contributed by atoms with Gasteiger partial charge in [-0.1, -0.05) is 0 Å². The van der Waals surface area contributed by atoms with E-state index in [9.17, 15) is 4.79 Å². The number of nitrogens with one attached hydrogen (secondary N) is 2. The zero-order chi connectivity index (χ0) is 14.3. The second-order valence-corrected chi connectivity index (χ2v) is 4.67. The molecule has 0 unspecified atom stereocenters. The highest BCUT2D eigenvalue weighted by molar-refractivity contribution is 9.10. The number of methoxy groups -OCH3 is 1. The molecule has 19 heavy (non-hydrogen) atoms. The Bertz CT molecular complexity index is 438. The fraction of sp³-hybridized carbons (Fsp3) is 0.462. The lowest BCUT2D eigenvalue weighted by molar-refractivity contribution is -0.119. The van der Waals surface area contributed by atoms with Crippen LogP contribution < -0.4 is 20.1 Å². The third kappa shape index (κ3) is 4.72. The van der Waals surface area contributed by atoms with Gasteiger partial charge in [-0.15, -0.1) is 0 Å². The molecule has 2 N–H and O–H groups in total. The Hall–Kier alpha value is -1.27. The summed E-state index contributed by atoms with van der Waals surface area (Å²) < 4.78 is 11.7. The fourth-order valence-electron chi connectivity index (χ4n) is 1.57. The molecule has 5 nitrogen and oxygen atoms in total. The molecule has 0 spiro atoms. The average molecular weight is 331 g/mol. The number of ether oxygens (including phenoxy) is 2. The van der Waals surface area contributed by atoms with Gasteiger partial charge in [0.1, 0.15) is 0 Å². The number of carbonyl (C=O) groups is 1. The molecule has 0 atom stereocenters. The van der Waals surface area contributed by atoms with Crippen LogP contribution in [0.15, 0.2) is 16.6 Å². The molecule has 0 aliphatic heterocycles. The Kier molecular flexibility index (Phi) is 6.66. The minimum absolute atomic E-state index is 0.0445. The number of rotatable bonds is 7. The van der Waals surface area contributed by atoms with Crippen molar-refractivity contribution in [2.75, 3.05) is 27.3 Å². The summed E-state index contributed by atoms with van der Waals surface area (Å²) >= 11 is 3.46. The second kappa shape index (κ2) is 8.01. The Morgan fingerprint density at radius 3 is 2.74 bits per heavy atom. The minimum atomic E-state index is -0.0445. The van der Waals surface area contributed by atoms with Gasteiger partial charge in [0.15, 0.2) is 11.5 Å². The summed E-state index contributed by atoms with van der Waals surface area (Å²) in [7, 11) is 3.21. The van der Waals surface area contributed by atoms with E-state index in [1.807, 2.05) is 19.1 Å². The molecule has 1 rings (SSSR count). The first-order valence-corrected chi connectivity index (χ1v) is 6.82. The van der Waals surface area contributed by atoms with Crippen LogP contribution in [0.25, 0.3) is 0 Å². The Balaban J connectivity index is 2.75. The van der Waals surface area contributed by atoms with E-state index < -0.39 is 0 Å². The summed E-state index contributed by atoms with van der Waals surface area (Å²) in [4.78, 5) is 11.1. The van der Waals surface area contributed by atoms with Crippen molar-refractivity contribution in [2.24, 2.45) is 0 Å². The van der Waals surface area contributed by atoms with E-state index in [0.29, 0.717) is 24.7 Å². The monoisotopic (exact) mass is 330 g/mol. The zero-order valence-electron chi connectivity index (χ0n) is 11.4. The summed E-state index contributed by atoms with van der Waals surface area (Å²) in [5, 5.41) is 5.61. The first-order chi connectivity index (χ1) is 9.12. The van der Waals surface area contributed by atoms with Crippen molar-refractivity contribution in [3.05, 3.63) is 22.2 Å². The summed E-state index contributed by atoms with van der Waals surface area (Å²) in [5.41, 5.74) is 1.01. The van der Waals surface area contributed by atoms with Crippen LogP contribution in [0.3, 0.4) is 0 Å². The van der Waals surface area contributed by atoms with E-state index in [1.165, 1.54) is 0 Å². The van der Waals surface area contributed by atoms with Gasteiger partial charge in [-0.05, 0) is 40.5 Å². The summed E-state index contributed by atoms with van der Waals surface area (Å²) in [6.07, 6.45) is 0. The number of benzene rings is 1. The first kappa shape index (κ1) is 15.8. The molecule has 0 aliphatic rings. The van der Waals surface area contributed by atoms with Gasteiger partial charge < -0.3 is 20.1 Å². The average Bonchev–Trinajstić information content (AvgIpc) is 2.41. The predicted molar refractivity (Wildman–Crippen MR) is 77.6 cm³/mol. The van der Waals surface area contributed by atoms with E-state index in [4.69, 9.17) is 9.47 Å². The minimum Gasteiger partial charge on any atom is -0.493 e. The van der Waals surface area contributed by atoms with Gasteiger partial charge in [-0.25, -0.2) is 0 Å². The first-order valence-electron chi connectivity index (χ1n) is 6.02. The molecule has 0 bridgehead atoms. The zero-order valence-corrected chi connectivity index (χ0v) is 13.0. The lowest BCUT2D eigenvalue weighted by Gasteiger charge is -2.13. The normalized spacial score (nSPS) is 10.1. The van der Waals surface area contributed by atoms with Gasteiger partial charge in [0.05, 0.1) is 24.7 Å². The van der Waals surface area contributed by atoms with Crippen LogP contribution in [0, 0.1) is 0 Å². The molecule has 0 aliphatic carbocycles. The molecular weight excluding hydrogens is 312 g/mol. The lowest BCUT2D eigenvalue weighted by Crippen LogP contribution is -2.30. The topological polar surface area (TPSA) is 59.6 Å². The molecule has 106 valence electrons. The fourth-order valence-corrected chi connectivity index (χ4v) is 2.17. The third-order valence-corrected chi connectivity index (χ3v) is 3.06. The van der Waals surface area contributed by atoms with Crippen LogP contribution in [0.4, 0.5) is 0 Å². The highest BCUT2D eigenvalue weighted by Gasteiger charge is 2.11. The Labute approximate surface area is 121 Å². The number of halogens is 1. The maximum absolute atomic E-state index is 11.1. The largest absolute Gasteiger partial charge is 0.493 e. The SMILES string of the molecule is CCOc1c(Br)cc(CNCC(=O)NC)cc1OC. The molecule has 1 aromatic carbocycles. The van der Waals surface area contributed by atoms with Crippen LogP contribution in [-0.2, 0) is 11.3 Å². The molecule has 0 saturated carbocycles. The number of likely N-dealkylation sites (N-methyl/N-ethyl adjacent to an activating group) is 1. The molecule has 0 aromatic heterocycles.